The number of nitrogens with one attached hydrogen (secondary N) is 1. The summed E-state index contributed by atoms with van der Waals surface area (Å²) in [5.41, 5.74) is 6.48. The molecule has 4 aromatic rings. The van der Waals surface area contributed by atoms with E-state index >= 15 is 0 Å². The van der Waals surface area contributed by atoms with Crippen molar-refractivity contribution in [2.24, 2.45) is 0 Å². The molecule has 5 rings (SSSR count). The van der Waals surface area contributed by atoms with Gasteiger partial charge in [-0.05, 0) is 64.9 Å². The number of carboxylic acid groups (broad SMARTS) is 1. The third-order valence-corrected chi connectivity index (χ3v) is 7.64. The van der Waals surface area contributed by atoms with Gasteiger partial charge in [0.15, 0.2) is 0 Å². The minimum atomic E-state index is -1.19. The molecule has 216 valence electrons. The Kier molecular flexibility index (Phi) is 9.24. The quantitative estimate of drug-likeness (QED) is 0.195. The Morgan fingerprint density at radius 3 is 2.42 bits per heavy atom. The number of carboxylic acids is 1. The summed E-state index contributed by atoms with van der Waals surface area (Å²) in [5, 5.41) is 40.6. The van der Waals surface area contributed by atoms with Crippen molar-refractivity contribution in [3.8, 4) is 34.8 Å². The normalized spacial score (nSPS) is 14.3. The van der Waals surface area contributed by atoms with Crippen LogP contribution < -0.4 is 14.8 Å². The fourth-order valence-corrected chi connectivity index (χ4v) is 5.48. The second-order valence-corrected chi connectivity index (χ2v) is 10.6. The third kappa shape index (κ3) is 6.80. The van der Waals surface area contributed by atoms with Crippen LogP contribution in [0.15, 0.2) is 78.9 Å². The van der Waals surface area contributed by atoms with Crippen LogP contribution in [0.5, 0.6) is 11.5 Å². The summed E-state index contributed by atoms with van der Waals surface area (Å²) in [4.78, 5) is 11.4. The Bertz CT molecular complexity index is 1700. The molecule has 8 nitrogen and oxygen atoms in total. The molecule has 2 unspecified atom stereocenters. The summed E-state index contributed by atoms with van der Waals surface area (Å²) < 4.78 is 12.6. The number of benzene rings is 4. The highest BCUT2D eigenvalue weighted by atomic mass is 35.5. The topological polar surface area (TPSA) is 136 Å². The smallest absolute Gasteiger partial charge is 0.323 e. The van der Waals surface area contributed by atoms with Gasteiger partial charge in [0.2, 0.25) is 0 Å². The lowest BCUT2D eigenvalue weighted by Gasteiger charge is -2.20. The number of fused-ring (bicyclic) bond motifs is 1. The van der Waals surface area contributed by atoms with Gasteiger partial charge in [0.1, 0.15) is 30.3 Å². The van der Waals surface area contributed by atoms with Crippen molar-refractivity contribution in [1.82, 2.24) is 5.32 Å². The first-order valence-electron chi connectivity index (χ1n) is 13.7. The number of aliphatic carboxylic acids is 1. The first-order valence-corrected chi connectivity index (χ1v) is 14.1. The Morgan fingerprint density at radius 1 is 1.00 bits per heavy atom. The molecule has 0 heterocycles. The highest BCUT2D eigenvalue weighted by Gasteiger charge is 2.28. The standard InChI is InChI=1S/C34H28ClN3O5/c35-29-14-25(18-38-30(19-39)34(40)41)32(42-20-23-12-21(16-36)11-22(13-23)17-37)15-33(29)43-31-10-9-27-26(7-4-8-28(27)31)24-5-2-1-3-6-24/h1-8,11-15,30-31,38-39H,9-10,18-20H2,(H,40,41). The summed E-state index contributed by atoms with van der Waals surface area (Å²) in [6, 6.07) is 27.4. The van der Waals surface area contributed by atoms with Crippen molar-refractivity contribution in [1.29, 1.82) is 10.5 Å². The number of aliphatic hydroxyl groups excluding tert-OH is 1. The van der Waals surface area contributed by atoms with Gasteiger partial charge in [0.25, 0.3) is 0 Å². The van der Waals surface area contributed by atoms with E-state index in [0.717, 1.165) is 24.0 Å². The van der Waals surface area contributed by atoms with Crippen molar-refractivity contribution in [3.05, 3.63) is 117 Å². The zero-order chi connectivity index (χ0) is 30.3. The van der Waals surface area contributed by atoms with E-state index in [0.29, 0.717) is 38.8 Å². The molecule has 4 aromatic carbocycles. The highest BCUT2D eigenvalue weighted by molar-refractivity contribution is 6.32. The molecular formula is C34H28ClN3O5. The zero-order valence-electron chi connectivity index (χ0n) is 23.1. The van der Waals surface area contributed by atoms with Crippen molar-refractivity contribution < 1.29 is 24.5 Å². The van der Waals surface area contributed by atoms with Gasteiger partial charge < -0.3 is 19.7 Å². The van der Waals surface area contributed by atoms with Gasteiger partial charge in [0.05, 0.1) is 34.9 Å². The monoisotopic (exact) mass is 593 g/mol. The molecule has 3 N–H and O–H groups in total. The van der Waals surface area contributed by atoms with Crippen LogP contribution in [-0.4, -0.2) is 28.8 Å². The minimum absolute atomic E-state index is 0.0350. The molecule has 1 aliphatic carbocycles. The predicted molar refractivity (Wildman–Crippen MR) is 161 cm³/mol. The summed E-state index contributed by atoms with van der Waals surface area (Å²) in [5.74, 6) is -0.405. The van der Waals surface area contributed by atoms with Crippen LogP contribution in [0.25, 0.3) is 11.1 Å². The molecule has 2 atom stereocenters. The van der Waals surface area contributed by atoms with Crippen LogP contribution in [0, 0.1) is 22.7 Å². The van der Waals surface area contributed by atoms with Crippen molar-refractivity contribution in [2.45, 2.75) is 38.1 Å². The molecule has 0 radical (unpaired) electrons. The highest BCUT2D eigenvalue weighted by Crippen LogP contribution is 2.43. The largest absolute Gasteiger partial charge is 0.488 e. The predicted octanol–water partition coefficient (Wildman–Crippen LogP) is 5.93. The van der Waals surface area contributed by atoms with E-state index < -0.39 is 18.6 Å². The number of halogens is 1. The molecular weight excluding hydrogens is 566 g/mol. The lowest BCUT2D eigenvalue weighted by Crippen LogP contribution is -2.39. The van der Waals surface area contributed by atoms with E-state index in [4.69, 9.17) is 21.1 Å². The Balaban J connectivity index is 1.44. The maximum absolute atomic E-state index is 11.4. The van der Waals surface area contributed by atoms with Gasteiger partial charge in [-0.3, -0.25) is 10.1 Å². The van der Waals surface area contributed by atoms with Crippen LogP contribution in [0.1, 0.15) is 45.9 Å². The van der Waals surface area contributed by atoms with Crippen LogP contribution >= 0.6 is 11.6 Å². The van der Waals surface area contributed by atoms with Crippen LogP contribution in [-0.2, 0) is 24.4 Å². The number of hydrogen-bond donors (Lipinski definition) is 3. The summed E-state index contributed by atoms with van der Waals surface area (Å²) in [6.45, 7) is -0.515. The number of nitrogens with zero attached hydrogens (tertiary/aromatic N) is 2. The zero-order valence-corrected chi connectivity index (χ0v) is 23.8. The summed E-state index contributed by atoms with van der Waals surface area (Å²) >= 11 is 6.70. The lowest BCUT2D eigenvalue weighted by atomic mass is 9.97. The average Bonchev–Trinajstić information content (AvgIpc) is 3.44. The number of rotatable bonds is 11. The maximum atomic E-state index is 11.4. The second kappa shape index (κ2) is 13.4. The summed E-state index contributed by atoms with van der Waals surface area (Å²) in [6.07, 6.45) is 1.38. The lowest BCUT2D eigenvalue weighted by molar-refractivity contribution is -0.140. The van der Waals surface area contributed by atoms with Gasteiger partial charge >= 0.3 is 5.97 Å². The molecule has 9 heteroatoms. The molecule has 0 spiro atoms. The Morgan fingerprint density at radius 2 is 1.74 bits per heavy atom. The number of nitriles is 2. The molecule has 0 fully saturated rings. The molecule has 0 aliphatic heterocycles. The van der Waals surface area contributed by atoms with Crippen molar-refractivity contribution in [2.75, 3.05) is 6.61 Å². The fourth-order valence-electron chi connectivity index (χ4n) is 5.25. The molecule has 0 saturated carbocycles. The second-order valence-electron chi connectivity index (χ2n) is 10.2. The first-order chi connectivity index (χ1) is 20.9. The van der Waals surface area contributed by atoms with Gasteiger partial charge in [-0.1, -0.05) is 60.1 Å². The van der Waals surface area contributed by atoms with Gasteiger partial charge in [-0.15, -0.1) is 0 Å². The fraction of sp³-hybridized carbons (Fsp3) is 0.206. The van der Waals surface area contributed by atoms with Crippen LogP contribution in [0.4, 0.5) is 0 Å². The molecule has 0 bridgehead atoms. The maximum Gasteiger partial charge on any atom is 0.323 e. The summed E-state index contributed by atoms with van der Waals surface area (Å²) in [7, 11) is 0. The number of carbonyl (C=O) groups is 1. The molecule has 0 amide bonds. The van der Waals surface area contributed by atoms with E-state index in [-0.39, 0.29) is 19.3 Å². The van der Waals surface area contributed by atoms with E-state index in [9.17, 15) is 25.5 Å². The Labute approximate surface area is 254 Å². The van der Waals surface area contributed by atoms with Crippen molar-refractivity contribution >= 4 is 17.6 Å². The van der Waals surface area contributed by atoms with E-state index in [1.54, 1.807) is 24.3 Å². The van der Waals surface area contributed by atoms with Crippen LogP contribution in [0.2, 0.25) is 5.02 Å². The number of aliphatic hydroxyl groups is 1. The van der Waals surface area contributed by atoms with Crippen molar-refractivity contribution in [3.63, 3.8) is 0 Å². The number of hydrogen-bond acceptors (Lipinski definition) is 7. The Hall–Kier alpha value is -4.86. The van der Waals surface area contributed by atoms with E-state index in [1.165, 1.54) is 17.2 Å². The molecule has 0 aromatic heterocycles. The van der Waals surface area contributed by atoms with E-state index in [2.05, 4.69) is 29.6 Å². The molecule has 1 aliphatic rings. The van der Waals surface area contributed by atoms with Crippen LogP contribution in [0.3, 0.4) is 0 Å². The SMILES string of the molecule is N#Cc1cc(C#N)cc(COc2cc(OC3CCc4c(-c5ccccc5)cccc43)c(Cl)cc2CNC(CO)C(=O)O)c1. The molecule has 0 saturated heterocycles. The van der Waals surface area contributed by atoms with Gasteiger partial charge in [0, 0.05) is 18.2 Å². The van der Waals surface area contributed by atoms with Gasteiger partial charge in [-0.25, -0.2) is 0 Å². The van der Waals surface area contributed by atoms with Gasteiger partial charge in [-0.2, -0.15) is 10.5 Å². The minimum Gasteiger partial charge on any atom is -0.488 e. The van der Waals surface area contributed by atoms with E-state index in [1.807, 2.05) is 36.4 Å². The molecule has 43 heavy (non-hydrogen) atoms. The first kappa shape index (κ1) is 29.6. The third-order valence-electron chi connectivity index (χ3n) is 7.35. The number of ether oxygens (including phenoxy) is 2. The average molecular weight is 594 g/mol.